The Balaban J connectivity index is 2.40. The topological polar surface area (TPSA) is 126 Å². The maximum Gasteiger partial charge on any atom is 0.330 e. The summed E-state index contributed by atoms with van der Waals surface area (Å²) in [6, 6.07) is 4.57. The van der Waals surface area contributed by atoms with E-state index < -0.39 is 18.2 Å². The zero-order chi connectivity index (χ0) is 17.9. The molecular weight excluding hydrogens is 320 g/mol. The Labute approximate surface area is 139 Å². The second-order valence-electron chi connectivity index (χ2n) is 4.87. The number of methoxy groups -OCH3 is 1. The Kier molecular flexibility index (Phi) is 8.80. The number of carbonyl (C=O) groups is 1. The number of esters is 1. The molecule has 0 radical (unpaired) electrons. The van der Waals surface area contributed by atoms with Crippen molar-refractivity contribution >= 4 is 12.0 Å². The molecule has 1 aromatic rings. The van der Waals surface area contributed by atoms with Crippen molar-refractivity contribution in [1.29, 1.82) is 0 Å². The molecule has 0 fully saturated rings. The van der Waals surface area contributed by atoms with Gasteiger partial charge in [0.05, 0.1) is 26.9 Å². The van der Waals surface area contributed by atoms with Gasteiger partial charge in [0, 0.05) is 6.08 Å². The van der Waals surface area contributed by atoms with Crippen LogP contribution in [0.3, 0.4) is 0 Å². The highest BCUT2D eigenvalue weighted by atomic mass is 16.6. The molecule has 0 bridgehead atoms. The predicted octanol–water partition coefficient (Wildman–Crippen LogP) is -0.312. The Morgan fingerprint density at radius 1 is 1.25 bits per heavy atom. The molecule has 24 heavy (non-hydrogen) atoms. The first-order valence-electron chi connectivity index (χ1n) is 7.23. The molecule has 0 amide bonds. The van der Waals surface area contributed by atoms with Crippen LogP contribution in [0.4, 0.5) is 0 Å². The van der Waals surface area contributed by atoms with E-state index >= 15 is 0 Å². The summed E-state index contributed by atoms with van der Waals surface area (Å²) in [6.07, 6.45) is 0.793. The van der Waals surface area contributed by atoms with Gasteiger partial charge in [0.2, 0.25) is 0 Å². The summed E-state index contributed by atoms with van der Waals surface area (Å²) in [5.41, 5.74) is 0.624. The zero-order valence-electron chi connectivity index (χ0n) is 13.3. The van der Waals surface area contributed by atoms with E-state index in [-0.39, 0.29) is 37.9 Å². The number of rotatable bonds is 10. The van der Waals surface area contributed by atoms with Gasteiger partial charge in [-0.25, -0.2) is 4.79 Å². The third-order valence-corrected chi connectivity index (χ3v) is 2.97. The van der Waals surface area contributed by atoms with Crippen molar-refractivity contribution in [3.8, 4) is 11.5 Å². The van der Waals surface area contributed by atoms with E-state index in [0.717, 1.165) is 0 Å². The quantitative estimate of drug-likeness (QED) is 0.337. The Bertz CT molecular complexity index is 539. The Morgan fingerprint density at radius 3 is 2.58 bits per heavy atom. The van der Waals surface area contributed by atoms with E-state index in [1.54, 1.807) is 12.1 Å². The molecule has 1 rings (SSSR count). The number of benzene rings is 1. The molecule has 0 aliphatic rings. The fourth-order valence-electron chi connectivity index (χ4n) is 1.65. The number of aliphatic hydroxyl groups excluding tert-OH is 3. The Hall–Kier alpha value is -2.13. The van der Waals surface area contributed by atoms with E-state index in [9.17, 15) is 15.0 Å². The van der Waals surface area contributed by atoms with Crippen LogP contribution in [0.1, 0.15) is 5.56 Å². The van der Waals surface area contributed by atoms with Crippen LogP contribution >= 0.6 is 0 Å². The first-order valence-corrected chi connectivity index (χ1v) is 7.23. The van der Waals surface area contributed by atoms with E-state index in [1.165, 1.54) is 25.3 Å². The lowest BCUT2D eigenvalue weighted by Gasteiger charge is -2.15. The molecule has 8 heteroatoms. The summed E-state index contributed by atoms with van der Waals surface area (Å²) in [5, 5.41) is 36.7. The predicted molar refractivity (Wildman–Crippen MR) is 84.6 cm³/mol. The van der Waals surface area contributed by atoms with Crippen LogP contribution in [0.5, 0.6) is 11.5 Å². The van der Waals surface area contributed by atoms with Crippen molar-refractivity contribution in [2.24, 2.45) is 0 Å². The maximum absolute atomic E-state index is 11.6. The third kappa shape index (κ3) is 6.97. The number of phenols is 1. The molecule has 0 spiro atoms. The highest BCUT2D eigenvalue weighted by molar-refractivity contribution is 5.87. The number of carbonyl (C=O) groups excluding carboxylic acids is 1. The first kappa shape index (κ1) is 19.9. The average molecular weight is 342 g/mol. The fraction of sp³-hybridized carbons (Fsp3) is 0.438. The minimum atomic E-state index is -1.07. The largest absolute Gasteiger partial charge is 0.504 e. The van der Waals surface area contributed by atoms with Crippen molar-refractivity contribution in [2.45, 2.75) is 12.2 Å². The van der Waals surface area contributed by atoms with Crippen LogP contribution in [-0.4, -0.2) is 72.1 Å². The van der Waals surface area contributed by atoms with Gasteiger partial charge in [0.15, 0.2) is 11.5 Å². The number of phenolic OH excluding ortho intramolecular Hbond substituents is 1. The highest BCUT2D eigenvalue weighted by Crippen LogP contribution is 2.26. The van der Waals surface area contributed by atoms with Gasteiger partial charge in [-0.1, -0.05) is 6.07 Å². The summed E-state index contributed by atoms with van der Waals surface area (Å²) in [6.45, 7) is -1.22. The smallest absolute Gasteiger partial charge is 0.330 e. The van der Waals surface area contributed by atoms with Gasteiger partial charge in [0.1, 0.15) is 18.8 Å². The monoisotopic (exact) mass is 342 g/mol. The molecule has 134 valence electrons. The van der Waals surface area contributed by atoms with Crippen molar-refractivity contribution in [3.63, 3.8) is 0 Å². The maximum atomic E-state index is 11.6. The fourth-order valence-corrected chi connectivity index (χ4v) is 1.65. The molecule has 0 saturated carbocycles. The Morgan fingerprint density at radius 2 is 1.96 bits per heavy atom. The SMILES string of the molecule is COc1cc(/C=C/C(=O)OCC(O)COC(CO)CO)ccc1O. The van der Waals surface area contributed by atoms with Crippen molar-refractivity contribution < 1.29 is 39.4 Å². The van der Waals surface area contributed by atoms with Crippen LogP contribution in [-0.2, 0) is 14.3 Å². The third-order valence-electron chi connectivity index (χ3n) is 2.97. The summed E-state index contributed by atoms with van der Waals surface area (Å²) in [4.78, 5) is 11.6. The van der Waals surface area contributed by atoms with Gasteiger partial charge in [-0.15, -0.1) is 0 Å². The van der Waals surface area contributed by atoms with E-state index in [0.29, 0.717) is 5.56 Å². The van der Waals surface area contributed by atoms with Gasteiger partial charge < -0.3 is 34.6 Å². The second kappa shape index (κ2) is 10.6. The van der Waals surface area contributed by atoms with Crippen LogP contribution in [0.2, 0.25) is 0 Å². The summed E-state index contributed by atoms with van der Waals surface area (Å²) < 4.78 is 14.8. The normalized spacial score (nSPS) is 12.5. The molecule has 8 nitrogen and oxygen atoms in total. The highest BCUT2D eigenvalue weighted by Gasteiger charge is 2.12. The summed E-state index contributed by atoms with van der Waals surface area (Å²) in [7, 11) is 1.42. The number of aliphatic hydroxyl groups is 3. The summed E-state index contributed by atoms with van der Waals surface area (Å²) >= 11 is 0. The minimum absolute atomic E-state index is 0.00980. The van der Waals surface area contributed by atoms with Crippen LogP contribution in [0.25, 0.3) is 6.08 Å². The van der Waals surface area contributed by atoms with Crippen molar-refractivity contribution in [2.75, 3.05) is 33.5 Å². The molecule has 0 aliphatic heterocycles. The van der Waals surface area contributed by atoms with E-state index in [1.807, 2.05) is 0 Å². The van der Waals surface area contributed by atoms with Gasteiger partial charge >= 0.3 is 5.97 Å². The molecule has 1 unspecified atom stereocenters. The molecular formula is C16H22O8. The van der Waals surface area contributed by atoms with Gasteiger partial charge in [-0.2, -0.15) is 0 Å². The molecule has 0 aliphatic carbocycles. The molecule has 4 N–H and O–H groups in total. The van der Waals surface area contributed by atoms with Gasteiger partial charge in [-0.05, 0) is 23.8 Å². The number of ether oxygens (including phenoxy) is 3. The molecule has 0 heterocycles. The van der Waals surface area contributed by atoms with E-state index in [4.69, 9.17) is 24.4 Å². The average Bonchev–Trinajstić information content (AvgIpc) is 2.60. The summed E-state index contributed by atoms with van der Waals surface area (Å²) in [5.74, 6) is -0.397. The lowest BCUT2D eigenvalue weighted by atomic mass is 10.2. The molecule has 0 aromatic heterocycles. The number of hydrogen-bond acceptors (Lipinski definition) is 8. The molecule has 0 saturated heterocycles. The minimum Gasteiger partial charge on any atom is -0.504 e. The molecule has 1 atom stereocenters. The van der Waals surface area contributed by atoms with Crippen LogP contribution in [0.15, 0.2) is 24.3 Å². The lowest BCUT2D eigenvalue weighted by Crippen LogP contribution is -2.30. The van der Waals surface area contributed by atoms with Crippen molar-refractivity contribution in [3.05, 3.63) is 29.8 Å². The van der Waals surface area contributed by atoms with E-state index in [2.05, 4.69) is 0 Å². The second-order valence-corrected chi connectivity index (χ2v) is 4.87. The van der Waals surface area contributed by atoms with Crippen molar-refractivity contribution in [1.82, 2.24) is 0 Å². The molecule has 1 aromatic carbocycles. The lowest BCUT2D eigenvalue weighted by molar-refractivity contribution is -0.143. The zero-order valence-corrected chi connectivity index (χ0v) is 13.3. The standard InChI is InChI=1S/C16H22O8/c1-22-15-6-11(2-4-14(15)20)3-5-16(21)24-10-12(19)9-23-13(7-17)8-18/h2-6,12-13,17-20H,7-10H2,1H3/b5-3+. The van der Waals surface area contributed by atoms with Crippen LogP contribution in [0, 0.1) is 0 Å². The van der Waals surface area contributed by atoms with Crippen LogP contribution < -0.4 is 4.74 Å². The first-order chi connectivity index (χ1) is 11.5. The number of aromatic hydroxyl groups is 1. The number of hydrogen-bond donors (Lipinski definition) is 4. The van der Waals surface area contributed by atoms with Gasteiger partial charge in [0.25, 0.3) is 0 Å². The van der Waals surface area contributed by atoms with Gasteiger partial charge in [-0.3, -0.25) is 0 Å².